The first-order chi connectivity index (χ1) is 7.68. The van der Waals surface area contributed by atoms with Crippen molar-refractivity contribution in [3.63, 3.8) is 0 Å². The van der Waals surface area contributed by atoms with Gasteiger partial charge in [0.25, 0.3) is 0 Å². The highest BCUT2D eigenvalue weighted by molar-refractivity contribution is 5.82. The molecule has 1 atom stereocenters. The molecule has 1 heterocycles. The molecule has 0 bridgehead atoms. The van der Waals surface area contributed by atoms with Gasteiger partial charge in [-0.3, -0.25) is 4.99 Å². The molecule has 0 aromatic rings. The van der Waals surface area contributed by atoms with Crippen LogP contribution >= 0.6 is 0 Å². The number of hydrogen-bond donors (Lipinski definition) is 0. The Morgan fingerprint density at radius 3 is 2.94 bits per heavy atom. The number of hydrogen-bond acceptors (Lipinski definition) is 2. The zero-order valence-corrected chi connectivity index (χ0v) is 10.9. The van der Waals surface area contributed by atoms with Gasteiger partial charge in [-0.2, -0.15) is 0 Å². The lowest BCUT2D eigenvalue weighted by atomic mass is 9.95. The molecule has 0 aromatic carbocycles. The number of nitrogens with zero attached hydrogens (tertiary/aromatic N) is 1. The zero-order valence-electron chi connectivity index (χ0n) is 10.9. The summed E-state index contributed by atoms with van der Waals surface area (Å²) in [5.41, 5.74) is 1.25. The average Bonchev–Trinajstić information content (AvgIpc) is 2.45. The second-order valence-electron chi connectivity index (χ2n) is 5.06. The molecule has 1 rings (SSSR count). The SMILES string of the molecule is CC(CC1CCCOCC1)=N/C=C\C(C)C. The largest absolute Gasteiger partial charge is 0.381 e. The minimum Gasteiger partial charge on any atom is -0.381 e. The van der Waals surface area contributed by atoms with Gasteiger partial charge in [0.1, 0.15) is 0 Å². The van der Waals surface area contributed by atoms with Crippen molar-refractivity contribution >= 4 is 5.71 Å². The van der Waals surface area contributed by atoms with Gasteiger partial charge in [-0.05, 0) is 44.4 Å². The van der Waals surface area contributed by atoms with Crippen LogP contribution < -0.4 is 0 Å². The van der Waals surface area contributed by atoms with Crippen LogP contribution in [-0.2, 0) is 4.74 Å². The van der Waals surface area contributed by atoms with Gasteiger partial charge in [0.2, 0.25) is 0 Å². The van der Waals surface area contributed by atoms with Crippen LogP contribution in [0.1, 0.15) is 46.5 Å². The summed E-state index contributed by atoms with van der Waals surface area (Å²) < 4.78 is 5.47. The summed E-state index contributed by atoms with van der Waals surface area (Å²) in [6.45, 7) is 8.35. The summed E-state index contributed by atoms with van der Waals surface area (Å²) in [5.74, 6) is 1.36. The minimum absolute atomic E-state index is 0.586. The first kappa shape index (κ1) is 13.4. The Hall–Kier alpha value is -0.630. The van der Waals surface area contributed by atoms with Crippen molar-refractivity contribution in [2.75, 3.05) is 13.2 Å². The van der Waals surface area contributed by atoms with Crippen molar-refractivity contribution in [3.05, 3.63) is 12.3 Å². The lowest BCUT2D eigenvalue weighted by molar-refractivity contribution is 0.142. The highest BCUT2D eigenvalue weighted by Gasteiger charge is 2.12. The fourth-order valence-electron chi connectivity index (χ4n) is 1.99. The van der Waals surface area contributed by atoms with Crippen LogP contribution in [0.25, 0.3) is 0 Å². The maximum atomic E-state index is 5.47. The number of ether oxygens (including phenoxy) is 1. The van der Waals surface area contributed by atoms with Gasteiger partial charge >= 0.3 is 0 Å². The van der Waals surface area contributed by atoms with Crippen LogP contribution in [0.2, 0.25) is 0 Å². The molecule has 0 N–H and O–H groups in total. The maximum Gasteiger partial charge on any atom is 0.0468 e. The topological polar surface area (TPSA) is 21.6 Å². The van der Waals surface area contributed by atoms with Crippen molar-refractivity contribution in [1.82, 2.24) is 0 Å². The molecule has 1 aliphatic rings. The summed E-state index contributed by atoms with van der Waals surface area (Å²) in [6, 6.07) is 0. The molecule has 2 nitrogen and oxygen atoms in total. The molecule has 2 heteroatoms. The molecule has 1 unspecified atom stereocenters. The van der Waals surface area contributed by atoms with Gasteiger partial charge in [0, 0.05) is 25.1 Å². The molecule has 0 saturated carbocycles. The number of rotatable bonds is 4. The number of aliphatic imine (C=N–C) groups is 1. The van der Waals surface area contributed by atoms with Gasteiger partial charge in [-0.25, -0.2) is 0 Å². The van der Waals surface area contributed by atoms with E-state index in [0.717, 1.165) is 25.6 Å². The Morgan fingerprint density at radius 2 is 2.19 bits per heavy atom. The predicted molar refractivity (Wildman–Crippen MR) is 69.9 cm³/mol. The van der Waals surface area contributed by atoms with E-state index in [-0.39, 0.29) is 0 Å². The molecule has 1 saturated heterocycles. The molecule has 1 fully saturated rings. The Morgan fingerprint density at radius 1 is 1.38 bits per heavy atom. The first-order valence-corrected chi connectivity index (χ1v) is 6.46. The quantitative estimate of drug-likeness (QED) is 0.664. The lowest BCUT2D eigenvalue weighted by Crippen LogP contribution is -2.06. The molecular formula is C14H25NO. The normalized spacial score (nSPS) is 24.0. The van der Waals surface area contributed by atoms with Gasteiger partial charge in [0.05, 0.1) is 0 Å². The van der Waals surface area contributed by atoms with Gasteiger partial charge < -0.3 is 4.74 Å². The van der Waals surface area contributed by atoms with E-state index >= 15 is 0 Å². The van der Waals surface area contributed by atoms with E-state index in [1.165, 1.54) is 25.0 Å². The van der Waals surface area contributed by atoms with E-state index in [9.17, 15) is 0 Å². The molecule has 0 amide bonds. The summed E-state index contributed by atoms with van der Waals surface area (Å²) in [7, 11) is 0. The summed E-state index contributed by atoms with van der Waals surface area (Å²) in [5, 5.41) is 0. The van der Waals surface area contributed by atoms with E-state index < -0.39 is 0 Å². The van der Waals surface area contributed by atoms with Gasteiger partial charge in [-0.15, -0.1) is 0 Å². The third-order valence-corrected chi connectivity index (χ3v) is 2.92. The molecule has 0 aliphatic carbocycles. The van der Waals surface area contributed by atoms with Crippen molar-refractivity contribution < 1.29 is 4.74 Å². The molecule has 0 radical (unpaired) electrons. The van der Waals surface area contributed by atoms with Crippen LogP contribution in [-0.4, -0.2) is 18.9 Å². The van der Waals surface area contributed by atoms with E-state index in [0.29, 0.717) is 5.92 Å². The van der Waals surface area contributed by atoms with Crippen molar-refractivity contribution in [2.24, 2.45) is 16.8 Å². The molecule has 0 spiro atoms. The average molecular weight is 223 g/mol. The third kappa shape index (κ3) is 6.06. The standard InChI is InChI=1S/C14H25NO/c1-12(2)6-8-15-13(3)11-14-5-4-9-16-10-7-14/h6,8,12,14H,4-5,7,9-11H2,1-3H3/b8-6-,15-13?. The highest BCUT2D eigenvalue weighted by atomic mass is 16.5. The molecule has 1 aliphatic heterocycles. The van der Waals surface area contributed by atoms with Gasteiger partial charge in [-0.1, -0.05) is 19.9 Å². The summed E-state index contributed by atoms with van der Waals surface area (Å²) in [4.78, 5) is 4.48. The monoisotopic (exact) mass is 223 g/mol. The smallest absolute Gasteiger partial charge is 0.0468 e. The summed E-state index contributed by atoms with van der Waals surface area (Å²) in [6.07, 6.45) is 8.92. The van der Waals surface area contributed by atoms with E-state index in [1.807, 2.05) is 6.20 Å². The fourth-order valence-corrected chi connectivity index (χ4v) is 1.99. The van der Waals surface area contributed by atoms with Gasteiger partial charge in [0.15, 0.2) is 0 Å². The van der Waals surface area contributed by atoms with E-state index in [1.54, 1.807) is 0 Å². The Labute approximate surface area is 99.8 Å². The second kappa shape index (κ2) is 7.61. The van der Waals surface area contributed by atoms with E-state index in [2.05, 4.69) is 31.8 Å². The third-order valence-electron chi connectivity index (χ3n) is 2.92. The molecule has 16 heavy (non-hydrogen) atoms. The molecule has 0 aromatic heterocycles. The molecular weight excluding hydrogens is 198 g/mol. The van der Waals surface area contributed by atoms with Crippen molar-refractivity contribution in [2.45, 2.75) is 46.5 Å². The maximum absolute atomic E-state index is 5.47. The Kier molecular flexibility index (Phi) is 6.39. The van der Waals surface area contributed by atoms with Crippen LogP contribution in [0.4, 0.5) is 0 Å². The first-order valence-electron chi connectivity index (χ1n) is 6.46. The molecule has 92 valence electrons. The second-order valence-corrected chi connectivity index (χ2v) is 5.06. The Bertz CT molecular complexity index is 235. The fraction of sp³-hybridized carbons (Fsp3) is 0.786. The summed E-state index contributed by atoms with van der Waals surface area (Å²) >= 11 is 0. The van der Waals surface area contributed by atoms with Crippen LogP contribution in [0.3, 0.4) is 0 Å². The Balaban J connectivity index is 2.33. The van der Waals surface area contributed by atoms with Crippen molar-refractivity contribution in [3.8, 4) is 0 Å². The van der Waals surface area contributed by atoms with Crippen LogP contribution in [0.5, 0.6) is 0 Å². The van der Waals surface area contributed by atoms with Crippen LogP contribution in [0.15, 0.2) is 17.3 Å². The zero-order chi connectivity index (χ0) is 11.8. The van der Waals surface area contributed by atoms with E-state index in [4.69, 9.17) is 4.74 Å². The predicted octanol–water partition coefficient (Wildman–Crippen LogP) is 3.82. The lowest BCUT2D eigenvalue weighted by Gasteiger charge is -2.12. The van der Waals surface area contributed by atoms with Crippen LogP contribution in [0, 0.1) is 11.8 Å². The number of allylic oxidation sites excluding steroid dienone is 1. The van der Waals surface area contributed by atoms with Crippen molar-refractivity contribution in [1.29, 1.82) is 0 Å². The minimum atomic E-state index is 0.586. The highest BCUT2D eigenvalue weighted by Crippen LogP contribution is 2.19.